The zero-order valence-electron chi connectivity index (χ0n) is 14.2. The molecule has 1 saturated heterocycles. The van der Waals surface area contributed by atoms with Crippen molar-refractivity contribution in [3.05, 3.63) is 29.8 Å². The van der Waals surface area contributed by atoms with E-state index in [1.807, 2.05) is 0 Å². The van der Waals surface area contributed by atoms with Crippen LogP contribution in [0.15, 0.2) is 18.2 Å². The molecule has 1 amide bonds. The topological polar surface area (TPSA) is 92.8 Å². The van der Waals surface area contributed by atoms with Crippen LogP contribution in [0.25, 0.3) is 0 Å². The standard InChI is InChI=1S/C16H20F2N2O5S/c1-2-6-26(23,24)20-5-3-4-14(20)16(22)25-10-15(21)19-13-8-11(17)7-12(18)9-13/h7-9,14H,2-6,10H2,1H3,(H,19,21). The van der Waals surface area contributed by atoms with Crippen LogP contribution in [0.5, 0.6) is 0 Å². The molecule has 26 heavy (non-hydrogen) atoms. The first-order chi connectivity index (χ1) is 12.2. The second-order valence-corrected chi connectivity index (χ2v) is 7.94. The smallest absolute Gasteiger partial charge is 0.324 e. The molecule has 1 N–H and O–H groups in total. The molecule has 1 fully saturated rings. The number of benzene rings is 1. The number of esters is 1. The number of halogens is 2. The average Bonchev–Trinajstić information content (AvgIpc) is 3.02. The maximum atomic E-state index is 13.1. The summed E-state index contributed by atoms with van der Waals surface area (Å²) in [5, 5.41) is 2.20. The van der Waals surface area contributed by atoms with Gasteiger partial charge in [-0.2, -0.15) is 4.31 Å². The molecule has 0 aliphatic carbocycles. The van der Waals surface area contributed by atoms with Crippen molar-refractivity contribution in [2.45, 2.75) is 32.2 Å². The normalized spacial score (nSPS) is 17.9. The molecular weight excluding hydrogens is 370 g/mol. The molecule has 0 saturated carbocycles. The Kier molecular flexibility index (Phi) is 6.65. The number of sulfonamides is 1. The third-order valence-corrected chi connectivity index (χ3v) is 5.86. The van der Waals surface area contributed by atoms with Crippen LogP contribution in [0.4, 0.5) is 14.5 Å². The summed E-state index contributed by atoms with van der Waals surface area (Å²) in [5.41, 5.74) is -0.114. The van der Waals surface area contributed by atoms with E-state index in [2.05, 4.69) is 5.32 Å². The average molecular weight is 390 g/mol. The minimum absolute atomic E-state index is 0.0671. The summed E-state index contributed by atoms with van der Waals surface area (Å²) in [7, 11) is -3.55. The molecular formula is C16H20F2N2O5S. The summed E-state index contributed by atoms with van der Waals surface area (Å²) in [6, 6.07) is 1.53. The zero-order valence-corrected chi connectivity index (χ0v) is 15.0. The number of hydrogen-bond donors (Lipinski definition) is 1. The highest BCUT2D eigenvalue weighted by Gasteiger charge is 2.39. The number of anilines is 1. The van der Waals surface area contributed by atoms with Crippen molar-refractivity contribution in [1.29, 1.82) is 0 Å². The summed E-state index contributed by atoms with van der Waals surface area (Å²) in [4.78, 5) is 23.9. The van der Waals surface area contributed by atoms with Crippen molar-refractivity contribution in [2.75, 3.05) is 24.2 Å². The highest BCUT2D eigenvalue weighted by molar-refractivity contribution is 7.89. The van der Waals surface area contributed by atoms with E-state index in [1.54, 1.807) is 6.92 Å². The van der Waals surface area contributed by atoms with E-state index in [1.165, 1.54) is 0 Å². The van der Waals surface area contributed by atoms with Gasteiger partial charge in [-0.3, -0.25) is 9.59 Å². The molecule has 10 heteroatoms. The maximum absolute atomic E-state index is 13.1. The van der Waals surface area contributed by atoms with Crippen molar-refractivity contribution in [2.24, 2.45) is 0 Å². The second-order valence-electron chi connectivity index (χ2n) is 5.90. The SMILES string of the molecule is CCCS(=O)(=O)N1CCCC1C(=O)OCC(=O)Nc1cc(F)cc(F)c1. The van der Waals surface area contributed by atoms with Crippen LogP contribution in [0, 0.1) is 11.6 Å². The quantitative estimate of drug-likeness (QED) is 0.715. The molecule has 1 aromatic rings. The highest BCUT2D eigenvalue weighted by atomic mass is 32.2. The number of nitrogens with zero attached hydrogens (tertiary/aromatic N) is 1. The van der Waals surface area contributed by atoms with Gasteiger partial charge in [0.15, 0.2) is 6.61 Å². The van der Waals surface area contributed by atoms with Gasteiger partial charge in [-0.25, -0.2) is 17.2 Å². The third-order valence-electron chi connectivity index (χ3n) is 3.79. The lowest BCUT2D eigenvalue weighted by Crippen LogP contribution is -2.43. The highest BCUT2D eigenvalue weighted by Crippen LogP contribution is 2.23. The fraction of sp³-hybridized carbons (Fsp3) is 0.500. The molecule has 1 heterocycles. The molecule has 1 atom stereocenters. The summed E-state index contributed by atoms with van der Waals surface area (Å²) in [5.74, 6) is -3.39. The maximum Gasteiger partial charge on any atom is 0.324 e. The number of amides is 1. The number of nitrogens with one attached hydrogen (secondary N) is 1. The zero-order chi connectivity index (χ0) is 19.3. The molecule has 0 bridgehead atoms. The van der Waals surface area contributed by atoms with Gasteiger partial charge in [0.05, 0.1) is 5.75 Å². The van der Waals surface area contributed by atoms with E-state index in [0.717, 1.165) is 16.4 Å². The van der Waals surface area contributed by atoms with Gasteiger partial charge in [0.2, 0.25) is 10.0 Å². The summed E-state index contributed by atoms with van der Waals surface area (Å²) >= 11 is 0. The summed E-state index contributed by atoms with van der Waals surface area (Å²) in [6.45, 7) is 1.27. The minimum atomic E-state index is -3.55. The Morgan fingerprint density at radius 2 is 1.92 bits per heavy atom. The van der Waals surface area contributed by atoms with Crippen LogP contribution < -0.4 is 5.32 Å². The van der Waals surface area contributed by atoms with Crippen LogP contribution in [-0.4, -0.2) is 49.5 Å². The van der Waals surface area contributed by atoms with E-state index in [4.69, 9.17) is 4.74 Å². The predicted molar refractivity (Wildman–Crippen MR) is 89.8 cm³/mol. The Balaban J connectivity index is 1.92. The van der Waals surface area contributed by atoms with Crippen LogP contribution in [0.3, 0.4) is 0 Å². The van der Waals surface area contributed by atoms with Crippen molar-refractivity contribution in [3.8, 4) is 0 Å². The fourth-order valence-electron chi connectivity index (χ4n) is 2.74. The van der Waals surface area contributed by atoms with Crippen molar-refractivity contribution in [3.63, 3.8) is 0 Å². The second kappa shape index (κ2) is 8.54. The first-order valence-electron chi connectivity index (χ1n) is 8.15. The van der Waals surface area contributed by atoms with Crippen molar-refractivity contribution < 1.29 is 31.5 Å². The molecule has 1 aromatic carbocycles. The van der Waals surface area contributed by atoms with Gasteiger partial charge in [0.1, 0.15) is 17.7 Å². The molecule has 7 nitrogen and oxygen atoms in total. The Bertz CT molecular complexity index is 765. The van der Waals surface area contributed by atoms with Gasteiger partial charge in [0.25, 0.3) is 5.91 Å². The number of carbonyl (C=O) groups is 2. The third kappa shape index (κ3) is 5.21. The van der Waals surface area contributed by atoms with E-state index < -0.39 is 46.2 Å². The Labute approximate surface area is 150 Å². The van der Waals surface area contributed by atoms with Crippen LogP contribution in [0.1, 0.15) is 26.2 Å². The van der Waals surface area contributed by atoms with Gasteiger partial charge in [0, 0.05) is 18.3 Å². The van der Waals surface area contributed by atoms with Gasteiger partial charge in [-0.1, -0.05) is 6.92 Å². The monoisotopic (exact) mass is 390 g/mol. The molecule has 1 aliphatic heterocycles. The largest absolute Gasteiger partial charge is 0.454 e. The lowest BCUT2D eigenvalue weighted by atomic mass is 10.2. The molecule has 0 radical (unpaired) electrons. The van der Waals surface area contributed by atoms with Crippen LogP contribution in [0.2, 0.25) is 0 Å². The van der Waals surface area contributed by atoms with Crippen molar-refractivity contribution >= 4 is 27.6 Å². The number of ether oxygens (including phenoxy) is 1. The summed E-state index contributed by atoms with van der Waals surface area (Å²) < 4.78 is 56.5. The minimum Gasteiger partial charge on any atom is -0.454 e. The molecule has 144 valence electrons. The molecule has 1 aliphatic rings. The lowest BCUT2D eigenvalue weighted by molar-refractivity contribution is -0.150. The van der Waals surface area contributed by atoms with E-state index in [0.29, 0.717) is 25.3 Å². The predicted octanol–water partition coefficient (Wildman–Crippen LogP) is 1.65. The first-order valence-corrected chi connectivity index (χ1v) is 9.76. The van der Waals surface area contributed by atoms with E-state index in [9.17, 15) is 26.8 Å². The molecule has 1 unspecified atom stereocenters. The van der Waals surface area contributed by atoms with E-state index >= 15 is 0 Å². The van der Waals surface area contributed by atoms with Crippen LogP contribution in [-0.2, 0) is 24.3 Å². The van der Waals surface area contributed by atoms with Crippen LogP contribution >= 0.6 is 0 Å². The van der Waals surface area contributed by atoms with Gasteiger partial charge in [-0.15, -0.1) is 0 Å². The fourth-order valence-corrected chi connectivity index (χ4v) is 4.48. The van der Waals surface area contributed by atoms with E-state index in [-0.39, 0.29) is 18.0 Å². The Hall–Kier alpha value is -2.07. The van der Waals surface area contributed by atoms with Gasteiger partial charge in [-0.05, 0) is 31.4 Å². The Morgan fingerprint density at radius 1 is 1.27 bits per heavy atom. The number of hydrogen-bond acceptors (Lipinski definition) is 5. The van der Waals surface area contributed by atoms with Crippen molar-refractivity contribution in [1.82, 2.24) is 4.31 Å². The number of rotatable bonds is 7. The summed E-state index contributed by atoms with van der Waals surface area (Å²) in [6.07, 6.45) is 1.27. The molecule has 0 spiro atoms. The first kappa shape index (κ1) is 20.2. The number of carbonyl (C=O) groups excluding carboxylic acids is 2. The Morgan fingerprint density at radius 3 is 2.54 bits per heavy atom. The van der Waals surface area contributed by atoms with Gasteiger partial charge < -0.3 is 10.1 Å². The van der Waals surface area contributed by atoms with Gasteiger partial charge >= 0.3 is 5.97 Å². The lowest BCUT2D eigenvalue weighted by Gasteiger charge is -2.22. The molecule has 2 rings (SSSR count). The molecule has 0 aromatic heterocycles.